The maximum Gasteiger partial charge on any atom is 0.234 e. The molecular weight excluding hydrogens is 320 g/mol. The minimum Gasteiger partial charge on any atom is -0.325 e. The number of rotatable bonds is 6. The van der Waals surface area contributed by atoms with Gasteiger partial charge in [-0.15, -0.1) is 10.2 Å². The van der Waals surface area contributed by atoms with E-state index in [-0.39, 0.29) is 5.91 Å². The molecule has 1 amide bonds. The lowest BCUT2D eigenvalue weighted by molar-refractivity contribution is -0.113. The molecule has 0 atom stereocenters. The number of aromatic nitrogens is 3. The van der Waals surface area contributed by atoms with Gasteiger partial charge in [-0.1, -0.05) is 57.7 Å². The lowest BCUT2D eigenvalue weighted by Crippen LogP contribution is -2.18. The number of carbonyl (C=O) groups is 1. The third-order valence-corrected chi connectivity index (χ3v) is 5.04. The largest absolute Gasteiger partial charge is 0.325 e. The number of nitrogens with zero attached hydrogens (tertiary/aromatic N) is 3. The van der Waals surface area contributed by atoms with Crippen molar-refractivity contribution in [3.63, 3.8) is 0 Å². The Hall–Kier alpha value is -1.82. The Bertz CT molecular complexity index is 696. The quantitative estimate of drug-likeness (QED) is 0.800. The summed E-state index contributed by atoms with van der Waals surface area (Å²) in [5.41, 5.74) is 3.31. The summed E-state index contributed by atoms with van der Waals surface area (Å²) in [4.78, 5) is 12.5. The molecule has 0 aliphatic carbocycles. The summed E-state index contributed by atoms with van der Waals surface area (Å²) < 4.78 is 1.89. The van der Waals surface area contributed by atoms with Crippen LogP contribution < -0.4 is 5.32 Å². The number of hydrogen-bond acceptors (Lipinski definition) is 4. The van der Waals surface area contributed by atoms with Crippen LogP contribution in [0.5, 0.6) is 0 Å². The molecule has 0 saturated carbocycles. The van der Waals surface area contributed by atoms with E-state index in [1.807, 2.05) is 18.5 Å². The molecule has 0 spiro atoms. The highest BCUT2D eigenvalue weighted by Crippen LogP contribution is 2.32. The normalized spacial score (nSPS) is 11.3. The van der Waals surface area contributed by atoms with Crippen LogP contribution in [-0.2, 0) is 11.8 Å². The molecule has 130 valence electrons. The average molecular weight is 347 g/mol. The second-order valence-electron chi connectivity index (χ2n) is 6.55. The third-order valence-electron chi connectivity index (χ3n) is 4.02. The van der Waals surface area contributed by atoms with E-state index in [1.54, 1.807) is 0 Å². The van der Waals surface area contributed by atoms with Crippen LogP contribution in [0.3, 0.4) is 0 Å². The van der Waals surface area contributed by atoms with E-state index in [1.165, 1.54) is 22.9 Å². The first-order valence-electron chi connectivity index (χ1n) is 8.22. The summed E-state index contributed by atoms with van der Waals surface area (Å²) in [6.07, 6.45) is 0. The van der Waals surface area contributed by atoms with Gasteiger partial charge in [-0.25, -0.2) is 0 Å². The Morgan fingerprint density at radius 3 is 2.21 bits per heavy atom. The molecule has 24 heavy (non-hydrogen) atoms. The molecule has 0 aliphatic heterocycles. The summed E-state index contributed by atoms with van der Waals surface area (Å²) in [5, 5.41) is 12.0. The molecule has 2 rings (SSSR count). The van der Waals surface area contributed by atoms with Gasteiger partial charge in [-0.2, -0.15) is 0 Å². The van der Waals surface area contributed by atoms with Crippen molar-refractivity contribution in [2.24, 2.45) is 7.05 Å². The van der Waals surface area contributed by atoms with E-state index in [9.17, 15) is 4.79 Å². The maximum absolute atomic E-state index is 12.5. The number of benzene rings is 1. The lowest BCUT2D eigenvalue weighted by atomic mass is 9.92. The highest BCUT2D eigenvalue weighted by atomic mass is 32.2. The van der Waals surface area contributed by atoms with Gasteiger partial charge in [0.25, 0.3) is 0 Å². The zero-order valence-electron chi connectivity index (χ0n) is 15.3. The summed E-state index contributed by atoms with van der Waals surface area (Å²) in [6.45, 7) is 10.5. The van der Waals surface area contributed by atoms with E-state index in [2.05, 4.69) is 61.4 Å². The fourth-order valence-corrected chi connectivity index (χ4v) is 3.27. The fraction of sp³-hybridized carbons (Fsp3) is 0.500. The van der Waals surface area contributed by atoms with Crippen LogP contribution in [-0.4, -0.2) is 26.4 Å². The van der Waals surface area contributed by atoms with Crippen LogP contribution in [0.1, 0.15) is 56.5 Å². The molecule has 0 saturated heterocycles. The number of para-hydroxylation sites is 1. The molecule has 0 aliphatic rings. The smallest absolute Gasteiger partial charge is 0.234 e. The van der Waals surface area contributed by atoms with Crippen molar-refractivity contribution >= 4 is 23.4 Å². The van der Waals surface area contributed by atoms with E-state index >= 15 is 0 Å². The molecule has 1 heterocycles. The lowest BCUT2D eigenvalue weighted by Gasteiger charge is -2.20. The first kappa shape index (κ1) is 18.5. The summed E-state index contributed by atoms with van der Waals surface area (Å²) in [5.74, 6) is 1.84. The highest BCUT2D eigenvalue weighted by molar-refractivity contribution is 7.99. The predicted octanol–water partition coefficient (Wildman–Crippen LogP) is 4.10. The Labute approximate surface area is 148 Å². The molecule has 2 aromatic rings. The Morgan fingerprint density at radius 2 is 1.75 bits per heavy atom. The van der Waals surface area contributed by atoms with E-state index in [0.29, 0.717) is 17.6 Å². The topological polar surface area (TPSA) is 59.8 Å². The van der Waals surface area contributed by atoms with E-state index in [4.69, 9.17) is 0 Å². The Balaban J connectivity index is 2.14. The number of anilines is 1. The van der Waals surface area contributed by atoms with Crippen LogP contribution in [0.4, 0.5) is 5.69 Å². The number of thioether (sulfide) groups is 1. The minimum atomic E-state index is -0.0179. The van der Waals surface area contributed by atoms with Crippen molar-refractivity contribution in [3.05, 3.63) is 35.2 Å². The fourth-order valence-electron chi connectivity index (χ4n) is 2.51. The van der Waals surface area contributed by atoms with Crippen molar-refractivity contribution in [1.82, 2.24) is 14.8 Å². The second-order valence-corrected chi connectivity index (χ2v) is 7.49. The molecule has 1 aromatic carbocycles. The van der Waals surface area contributed by atoms with E-state index < -0.39 is 0 Å². The van der Waals surface area contributed by atoms with Crippen LogP contribution in [0, 0.1) is 6.92 Å². The predicted molar refractivity (Wildman–Crippen MR) is 99.7 cm³/mol. The van der Waals surface area contributed by atoms with Crippen LogP contribution in [0.2, 0.25) is 0 Å². The van der Waals surface area contributed by atoms with Crippen molar-refractivity contribution in [2.75, 3.05) is 11.1 Å². The molecule has 0 radical (unpaired) electrons. The van der Waals surface area contributed by atoms with Gasteiger partial charge < -0.3 is 9.88 Å². The number of aryl methyl sites for hydroxylation is 1. The van der Waals surface area contributed by atoms with Crippen molar-refractivity contribution in [1.29, 1.82) is 0 Å². The summed E-state index contributed by atoms with van der Waals surface area (Å²) in [6, 6.07) is 6.24. The SMILES string of the molecule is Cc1nnc(SCC(=O)Nc2c(C(C)C)cccc2C(C)C)n1C. The number of nitrogens with one attached hydrogen (secondary N) is 1. The highest BCUT2D eigenvalue weighted by Gasteiger charge is 2.16. The van der Waals surface area contributed by atoms with Gasteiger partial charge in [0, 0.05) is 12.7 Å². The molecular formula is C18H26N4OS. The third kappa shape index (κ3) is 4.17. The van der Waals surface area contributed by atoms with Crippen molar-refractivity contribution in [2.45, 2.75) is 51.6 Å². The van der Waals surface area contributed by atoms with Crippen molar-refractivity contribution in [3.8, 4) is 0 Å². The van der Waals surface area contributed by atoms with Crippen molar-refractivity contribution < 1.29 is 4.79 Å². The molecule has 0 fully saturated rings. The molecule has 0 bridgehead atoms. The second kappa shape index (κ2) is 7.83. The Kier molecular flexibility index (Phi) is 6.04. The number of carbonyl (C=O) groups excluding carboxylic acids is 1. The van der Waals surface area contributed by atoms with Crippen LogP contribution >= 0.6 is 11.8 Å². The average Bonchev–Trinajstić information content (AvgIpc) is 2.84. The van der Waals surface area contributed by atoms with Gasteiger partial charge in [0.2, 0.25) is 5.91 Å². The van der Waals surface area contributed by atoms with Gasteiger partial charge in [0.15, 0.2) is 5.16 Å². The summed E-state index contributed by atoms with van der Waals surface area (Å²) in [7, 11) is 1.90. The molecule has 1 aromatic heterocycles. The van der Waals surface area contributed by atoms with Crippen LogP contribution in [0.15, 0.2) is 23.4 Å². The standard InChI is InChI=1S/C18H26N4OS/c1-11(2)14-8-7-9-15(12(3)4)17(14)19-16(23)10-24-18-21-20-13(5)22(18)6/h7-9,11-12H,10H2,1-6H3,(H,19,23). The molecule has 1 N–H and O–H groups in total. The van der Waals surface area contributed by atoms with Gasteiger partial charge in [-0.05, 0) is 29.9 Å². The monoisotopic (exact) mass is 346 g/mol. The Morgan fingerprint density at radius 1 is 1.17 bits per heavy atom. The first-order valence-corrected chi connectivity index (χ1v) is 9.21. The van der Waals surface area contributed by atoms with Gasteiger partial charge in [-0.3, -0.25) is 4.79 Å². The van der Waals surface area contributed by atoms with E-state index in [0.717, 1.165) is 16.7 Å². The maximum atomic E-state index is 12.5. The number of hydrogen-bond donors (Lipinski definition) is 1. The molecule has 6 heteroatoms. The number of amides is 1. The zero-order valence-corrected chi connectivity index (χ0v) is 16.1. The van der Waals surface area contributed by atoms with Gasteiger partial charge in [0.1, 0.15) is 5.82 Å². The first-order chi connectivity index (χ1) is 11.3. The minimum absolute atomic E-state index is 0.0179. The van der Waals surface area contributed by atoms with Crippen LogP contribution in [0.25, 0.3) is 0 Å². The molecule has 0 unspecified atom stereocenters. The zero-order chi connectivity index (χ0) is 17.9. The van der Waals surface area contributed by atoms with Gasteiger partial charge in [0.05, 0.1) is 5.75 Å². The van der Waals surface area contributed by atoms with Gasteiger partial charge >= 0.3 is 0 Å². The molecule has 5 nitrogen and oxygen atoms in total. The summed E-state index contributed by atoms with van der Waals surface area (Å²) >= 11 is 1.40.